The van der Waals surface area contributed by atoms with Gasteiger partial charge in [-0.1, -0.05) is 212 Å². The highest BCUT2D eigenvalue weighted by Gasteiger charge is 2.47. The average Bonchev–Trinajstić information content (AvgIpc) is 3.89. The van der Waals surface area contributed by atoms with Crippen LogP contribution in [0.25, 0.3) is 89.2 Å². The lowest BCUT2D eigenvalue weighted by Gasteiger charge is -2.35. The molecular weight excluding hydrogens is 753 g/mol. The first-order valence-electron chi connectivity index (χ1n) is 21.1. The van der Waals surface area contributed by atoms with Crippen LogP contribution in [0.1, 0.15) is 22.3 Å². The molecule has 2 aromatic heterocycles. The van der Waals surface area contributed by atoms with Crippen molar-refractivity contribution in [1.29, 1.82) is 0 Å². The Labute approximate surface area is 360 Å². The molecule has 2 heterocycles. The number of para-hydroxylation sites is 2. The lowest BCUT2D eigenvalue weighted by molar-refractivity contribution is 0.670. The largest absolute Gasteiger partial charge is 0.455 e. The third-order valence-electron chi connectivity index (χ3n) is 12.6. The van der Waals surface area contributed by atoms with Gasteiger partial charge in [0.15, 0.2) is 5.82 Å². The van der Waals surface area contributed by atoms with Crippen molar-refractivity contribution in [2.45, 2.75) is 5.41 Å². The second-order valence-corrected chi connectivity index (χ2v) is 16.0. The van der Waals surface area contributed by atoms with Gasteiger partial charge in [0.1, 0.15) is 11.2 Å². The molecule has 0 bridgehead atoms. The molecule has 0 radical (unpaired) electrons. The van der Waals surface area contributed by atoms with E-state index in [1.54, 1.807) is 0 Å². The molecule has 0 amide bonds. The van der Waals surface area contributed by atoms with Gasteiger partial charge in [0.2, 0.25) is 0 Å². The molecule has 0 spiro atoms. The number of aromatic nitrogens is 2. The minimum absolute atomic E-state index is 0.522. The van der Waals surface area contributed by atoms with E-state index in [0.29, 0.717) is 5.82 Å². The van der Waals surface area contributed by atoms with E-state index >= 15 is 0 Å². The van der Waals surface area contributed by atoms with Gasteiger partial charge in [0.25, 0.3) is 0 Å². The van der Waals surface area contributed by atoms with E-state index in [-0.39, 0.29) is 0 Å². The van der Waals surface area contributed by atoms with Crippen LogP contribution in [0, 0.1) is 0 Å². The van der Waals surface area contributed by atoms with Crippen molar-refractivity contribution in [2.75, 3.05) is 0 Å². The zero-order valence-electron chi connectivity index (χ0n) is 33.7. The van der Waals surface area contributed by atoms with Crippen molar-refractivity contribution in [1.82, 2.24) is 9.97 Å². The van der Waals surface area contributed by atoms with Gasteiger partial charge in [-0.25, -0.2) is 9.97 Å². The quantitative estimate of drug-likeness (QED) is 0.161. The van der Waals surface area contributed by atoms with E-state index in [2.05, 4.69) is 200 Å². The Balaban J connectivity index is 1.00. The van der Waals surface area contributed by atoms with Crippen molar-refractivity contribution in [2.24, 2.45) is 0 Å². The van der Waals surface area contributed by atoms with Gasteiger partial charge in [0.05, 0.1) is 16.8 Å². The molecule has 0 N–H and O–H groups in total. The molecule has 0 saturated heterocycles. The van der Waals surface area contributed by atoms with Gasteiger partial charge in [-0.3, -0.25) is 0 Å². The number of hydrogen-bond acceptors (Lipinski definition) is 3. The molecule has 9 aromatic carbocycles. The van der Waals surface area contributed by atoms with Crippen LogP contribution in [0.5, 0.6) is 0 Å². The number of nitrogens with zero attached hydrogens (tertiary/aromatic N) is 2. The molecular formula is C59H38N2O. The lowest BCUT2D eigenvalue weighted by Crippen LogP contribution is -2.29. The summed E-state index contributed by atoms with van der Waals surface area (Å²) < 4.78 is 6.40. The summed E-state index contributed by atoms with van der Waals surface area (Å²) in [5, 5.41) is 2.24. The molecule has 12 rings (SSSR count). The SMILES string of the molecule is c1ccc(-c2nc(-c3ccc(-c4cccc5c4oc4ccccc45)cc3)cc(-c3cccc(-c4cccc5c4C(c4ccccc4)(c4ccccc4)c4ccccc4-5)c3)n2)cc1. The third-order valence-corrected chi connectivity index (χ3v) is 12.6. The Bertz CT molecular complexity index is 3400. The van der Waals surface area contributed by atoms with Crippen LogP contribution in [-0.4, -0.2) is 9.97 Å². The zero-order chi connectivity index (χ0) is 41.0. The zero-order valence-corrected chi connectivity index (χ0v) is 33.7. The Morgan fingerprint density at radius 3 is 1.65 bits per heavy atom. The van der Waals surface area contributed by atoms with Gasteiger partial charge >= 0.3 is 0 Å². The minimum Gasteiger partial charge on any atom is -0.455 e. The van der Waals surface area contributed by atoms with Crippen molar-refractivity contribution >= 4 is 21.9 Å². The molecule has 3 heteroatoms. The van der Waals surface area contributed by atoms with Crippen LogP contribution in [0.3, 0.4) is 0 Å². The molecule has 0 unspecified atom stereocenters. The van der Waals surface area contributed by atoms with Crippen molar-refractivity contribution < 1.29 is 4.42 Å². The monoisotopic (exact) mass is 790 g/mol. The predicted octanol–water partition coefficient (Wildman–Crippen LogP) is 15.1. The second kappa shape index (κ2) is 14.5. The third kappa shape index (κ3) is 5.67. The standard InChI is InChI=1S/C59H38N2O/c1-4-17-41(18-5-1)58-60-53(40-35-33-39(34-36-40)47-28-16-30-51-49-26-11-13-32-55(49)62-57(47)51)38-54(61-58)43-20-14-19-42(37-43)46-27-15-29-50-48-25-10-12-31-52(48)59(56(46)50,44-21-6-2-7-22-44)45-23-8-3-9-24-45/h1-38H. The van der Waals surface area contributed by atoms with E-state index in [0.717, 1.165) is 66.7 Å². The summed E-state index contributed by atoms with van der Waals surface area (Å²) in [6.45, 7) is 0. The Morgan fingerprint density at radius 2 is 0.871 bits per heavy atom. The summed E-state index contributed by atoms with van der Waals surface area (Å²) >= 11 is 0. The fourth-order valence-corrected chi connectivity index (χ4v) is 9.84. The fraction of sp³-hybridized carbons (Fsp3) is 0.0169. The maximum atomic E-state index is 6.40. The van der Waals surface area contributed by atoms with Gasteiger partial charge in [-0.05, 0) is 68.3 Å². The molecule has 62 heavy (non-hydrogen) atoms. The molecule has 1 aliphatic carbocycles. The van der Waals surface area contributed by atoms with Crippen molar-refractivity contribution in [3.8, 4) is 67.3 Å². The molecule has 3 nitrogen and oxygen atoms in total. The van der Waals surface area contributed by atoms with Crippen LogP contribution < -0.4 is 0 Å². The van der Waals surface area contributed by atoms with E-state index in [1.807, 2.05) is 30.3 Å². The molecule has 11 aromatic rings. The number of fused-ring (bicyclic) bond motifs is 6. The lowest BCUT2D eigenvalue weighted by atomic mass is 9.66. The van der Waals surface area contributed by atoms with Crippen molar-refractivity contribution in [3.63, 3.8) is 0 Å². The first kappa shape index (κ1) is 35.8. The van der Waals surface area contributed by atoms with E-state index in [1.165, 1.54) is 38.9 Å². The fourth-order valence-electron chi connectivity index (χ4n) is 9.84. The van der Waals surface area contributed by atoms with Crippen LogP contribution >= 0.6 is 0 Å². The maximum absolute atomic E-state index is 6.40. The van der Waals surface area contributed by atoms with E-state index in [9.17, 15) is 0 Å². The highest BCUT2D eigenvalue weighted by molar-refractivity contribution is 6.09. The minimum atomic E-state index is -0.522. The molecule has 0 saturated carbocycles. The summed E-state index contributed by atoms with van der Waals surface area (Å²) in [5.74, 6) is 0.683. The Kier molecular flexibility index (Phi) is 8.39. The topological polar surface area (TPSA) is 38.9 Å². The highest BCUT2D eigenvalue weighted by Crippen LogP contribution is 2.58. The smallest absolute Gasteiger partial charge is 0.160 e. The number of hydrogen-bond donors (Lipinski definition) is 0. The average molecular weight is 791 g/mol. The number of rotatable bonds is 7. The van der Waals surface area contributed by atoms with Crippen LogP contribution in [-0.2, 0) is 5.41 Å². The Hall–Kier alpha value is -8.14. The normalized spacial score (nSPS) is 12.6. The summed E-state index contributed by atoms with van der Waals surface area (Å²) in [6.07, 6.45) is 0. The van der Waals surface area contributed by atoms with Gasteiger partial charge in [-0.2, -0.15) is 0 Å². The number of benzene rings is 9. The van der Waals surface area contributed by atoms with Crippen LogP contribution in [0.4, 0.5) is 0 Å². The molecule has 0 fully saturated rings. The summed E-state index contributed by atoms with van der Waals surface area (Å²) in [4.78, 5) is 10.4. The van der Waals surface area contributed by atoms with Gasteiger partial charge in [0, 0.05) is 33.0 Å². The first-order valence-corrected chi connectivity index (χ1v) is 21.1. The maximum Gasteiger partial charge on any atom is 0.160 e. The molecule has 0 aliphatic heterocycles. The highest BCUT2D eigenvalue weighted by atomic mass is 16.3. The van der Waals surface area contributed by atoms with E-state index < -0.39 is 5.41 Å². The molecule has 290 valence electrons. The van der Waals surface area contributed by atoms with Crippen LogP contribution in [0.15, 0.2) is 235 Å². The molecule has 1 aliphatic rings. The Morgan fingerprint density at radius 1 is 0.339 bits per heavy atom. The van der Waals surface area contributed by atoms with Gasteiger partial charge in [-0.15, -0.1) is 0 Å². The predicted molar refractivity (Wildman–Crippen MR) is 254 cm³/mol. The summed E-state index contributed by atoms with van der Waals surface area (Å²) in [7, 11) is 0. The number of furan rings is 1. The second-order valence-electron chi connectivity index (χ2n) is 16.0. The van der Waals surface area contributed by atoms with E-state index in [4.69, 9.17) is 14.4 Å². The van der Waals surface area contributed by atoms with Crippen molar-refractivity contribution in [3.05, 3.63) is 253 Å². The summed E-state index contributed by atoms with van der Waals surface area (Å²) in [5.41, 5.74) is 18.1. The first-order chi connectivity index (χ1) is 30.7. The summed E-state index contributed by atoms with van der Waals surface area (Å²) in [6, 6.07) is 82.2. The van der Waals surface area contributed by atoms with Gasteiger partial charge < -0.3 is 4.42 Å². The van der Waals surface area contributed by atoms with Crippen LogP contribution in [0.2, 0.25) is 0 Å². The molecule has 0 atom stereocenters.